The molecular weight excluding hydrogens is 325 g/mol. The molecule has 0 aliphatic heterocycles. The van der Waals surface area contributed by atoms with E-state index in [0.717, 1.165) is 0 Å². The zero-order chi connectivity index (χ0) is 6.41. The van der Waals surface area contributed by atoms with Crippen LogP contribution in [-0.4, -0.2) is 67.0 Å². The van der Waals surface area contributed by atoms with Gasteiger partial charge in [0.05, 0.1) is 0 Å². The van der Waals surface area contributed by atoms with Crippen LogP contribution in [0.5, 0.6) is 0 Å². The molecule has 49 valence electrons. The molecule has 8 heavy (non-hydrogen) atoms. The third kappa shape index (κ3) is 118. The van der Waals surface area contributed by atoms with Gasteiger partial charge < -0.3 is 0 Å². The van der Waals surface area contributed by atoms with Crippen molar-refractivity contribution in [3.05, 3.63) is 0 Å². The van der Waals surface area contributed by atoms with Crippen molar-refractivity contribution >= 4 is 51.4 Å². The second-order valence-electron chi connectivity index (χ2n) is 1.000. The van der Waals surface area contributed by atoms with Crippen molar-refractivity contribution < 1.29 is 36.7 Å². The number of hydrogen-bond acceptors (Lipinski definition) is 2. The van der Waals surface area contributed by atoms with Gasteiger partial charge in [0.2, 0.25) is 0 Å². The minimum absolute atomic E-state index is 0. The van der Waals surface area contributed by atoms with Gasteiger partial charge in [0.15, 0.2) is 0 Å². The standard InChI is InChI=1S/K.4H2O.2O.Os/h;4*1H2;;;/q;;;;;;;+4/p-4. The summed E-state index contributed by atoms with van der Waals surface area (Å²) in [6.45, 7) is 0. The Morgan fingerprint density at radius 2 is 0.875 bits per heavy atom. The van der Waals surface area contributed by atoms with Gasteiger partial charge in [-0.15, -0.1) is 0 Å². The Morgan fingerprint density at radius 1 is 0.875 bits per heavy atom. The Labute approximate surface area is 86.4 Å². The molecule has 0 fully saturated rings. The predicted octanol–water partition coefficient (Wildman–Crippen LogP) is -2.85. The molecule has 4 N–H and O–H groups in total. The van der Waals surface area contributed by atoms with Crippen LogP contribution in [0.15, 0.2) is 0 Å². The molecular formula is H4KO6Os. The Kier molecular flexibility index (Phi) is 2.87. The molecule has 0 aromatic carbocycles. The van der Waals surface area contributed by atoms with Gasteiger partial charge in [-0.3, -0.25) is 0 Å². The molecule has 0 saturated carbocycles. The van der Waals surface area contributed by atoms with Gasteiger partial charge in [-0.05, 0) is 0 Å². The molecule has 0 rings (SSSR count). The molecule has 0 aliphatic rings. The fraction of sp³-hybridized carbons (Fsp3) is 0. The predicted molar refractivity (Wildman–Crippen MR) is 16.0 cm³/mol. The fourth-order valence-electron chi connectivity index (χ4n) is 0. The molecule has 0 aromatic rings. The van der Waals surface area contributed by atoms with Crippen molar-refractivity contribution in [3.63, 3.8) is 0 Å². The fourth-order valence-corrected chi connectivity index (χ4v) is 0. The van der Waals surface area contributed by atoms with E-state index in [1.807, 2.05) is 0 Å². The molecule has 1 radical (unpaired) electrons. The van der Waals surface area contributed by atoms with Gasteiger partial charge in [0.1, 0.15) is 0 Å². The summed E-state index contributed by atoms with van der Waals surface area (Å²) in [6.07, 6.45) is 0. The van der Waals surface area contributed by atoms with Crippen LogP contribution >= 0.6 is 0 Å². The van der Waals surface area contributed by atoms with Crippen LogP contribution in [0, 0.1) is 0 Å². The van der Waals surface area contributed by atoms with Crippen LogP contribution in [0.25, 0.3) is 0 Å². The summed E-state index contributed by atoms with van der Waals surface area (Å²) in [7, 11) is 0. The topological polar surface area (TPSA) is 115 Å². The van der Waals surface area contributed by atoms with Crippen molar-refractivity contribution in [1.82, 2.24) is 0 Å². The van der Waals surface area contributed by atoms with Crippen LogP contribution in [-0.2, 0) is 21.1 Å². The molecule has 0 amide bonds. The van der Waals surface area contributed by atoms with E-state index in [1.165, 1.54) is 0 Å². The first-order valence-electron chi connectivity index (χ1n) is 0.921. The van der Waals surface area contributed by atoms with Crippen LogP contribution < -0.4 is 0 Å². The SMILES string of the molecule is [K].[O]=[Os](=[O])([OH])([OH])([OH])[OH]. The third-order valence-electron chi connectivity index (χ3n) is 0. The van der Waals surface area contributed by atoms with E-state index in [-0.39, 0.29) is 51.4 Å². The average molecular weight is 329 g/mol. The summed E-state index contributed by atoms with van der Waals surface area (Å²) < 4.78 is 47.0. The second kappa shape index (κ2) is 1.86. The molecule has 0 unspecified atom stereocenters. The van der Waals surface area contributed by atoms with Gasteiger partial charge in [0.25, 0.3) is 0 Å². The molecule has 0 saturated heterocycles. The summed E-state index contributed by atoms with van der Waals surface area (Å²) in [4.78, 5) is 0. The van der Waals surface area contributed by atoms with Gasteiger partial charge in [-0.2, -0.15) is 0 Å². The van der Waals surface area contributed by atoms with E-state index in [2.05, 4.69) is 0 Å². The average Bonchev–Trinajstić information content (AvgIpc) is 0.592. The molecule has 6 nitrogen and oxygen atoms in total. The van der Waals surface area contributed by atoms with E-state index in [0.29, 0.717) is 0 Å². The van der Waals surface area contributed by atoms with E-state index >= 15 is 0 Å². The maximum atomic E-state index is 9.12. The van der Waals surface area contributed by atoms with E-state index < -0.39 is 14.0 Å². The Bertz CT molecular complexity index is 188. The first-order valence-corrected chi connectivity index (χ1v) is 7.54. The normalized spacial score (nSPS) is 20.0. The third-order valence-corrected chi connectivity index (χ3v) is 0. The molecule has 0 aromatic heterocycles. The minimum atomic E-state index is -8.71. The van der Waals surface area contributed by atoms with Crippen molar-refractivity contribution in [2.24, 2.45) is 0 Å². The first-order chi connectivity index (χ1) is 2.45. The summed E-state index contributed by atoms with van der Waals surface area (Å²) in [5.74, 6) is 0. The molecule has 0 spiro atoms. The number of hydrogen-bond donors (Lipinski definition) is 4. The van der Waals surface area contributed by atoms with E-state index in [9.17, 15) is 0 Å². The maximum absolute atomic E-state index is 9.12. The van der Waals surface area contributed by atoms with Crippen molar-refractivity contribution in [1.29, 1.82) is 0 Å². The molecule has 0 heterocycles. The summed E-state index contributed by atoms with van der Waals surface area (Å²) in [6, 6.07) is 0. The van der Waals surface area contributed by atoms with Gasteiger partial charge in [-0.1, -0.05) is 0 Å². The van der Waals surface area contributed by atoms with Crippen LogP contribution in [0.4, 0.5) is 0 Å². The van der Waals surface area contributed by atoms with Crippen molar-refractivity contribution in [2.45, 2.75) is 0 Å². The molecule has 0 aliphatic carbocycles. The second-order valence-corrected chi connectivity index (χ2v) is 8.18. The Balaban J connectivity index is 0. The van der Waals surface area contributed by atoms with Crippen LogP contribution in [0.3, 0.4) is 0 Å². The summed E-state index contributed by atoms with van der Waals surface area (Å²) in [5.41, 5.74) is 0. The van der Waals surface area contributed by atoms with Crippen molar-refractivity contribution in [2.75, 3.05) is 0 Å². The van der Waals surface area contributed by atoms with Crippen molar-refractivity contribution in [3.8, 4) is 0 Å². The summed E-state index contributed by atoms with van der Waals surface area (Å²) >= 11 is -8.71. The Hall–Kier alpha value is 1.71. The van der Waals surface area contributed by atoms with Crippen LogP contribution in [0.1, 0.15) is 0 Å². The Morgan fingerprint density at radius 3 is 0.875 bits per heavy atom. The van der Waals surface area contributed by atoms with Gasteiger partial charge >= 0.3 is 36.7 Å². The van der Waals surface area contributed by atoms with Crippen LogP contribution in [0.2, 0.25) is 0 Å². The quantitative estimate of drug-likeness (QED) is 0.356. The monoisotopic (exact) mass is 331 g/mol. The first kappa shape index (κ1) is 12.4. The number of rotatable bonds is 0. The molecule has 0 atom stereocenters. The van der Waals surface area contributed by atoms with Gasteiger partial charge in [-0.25, -0.2) is 0 Å². The van der Waals surface area contributed by atoms with E-state index in [4.69, 9.17) is 22.7 Å². The van der Waals surface area contributed by atoms with E-state index in [1.54, 1.807) is 0 Å². The molecule has 0 bridgehead atoms. The van der Waals surface area contributed by atoms with Gasteiger partial charge in [0, 0.05) is 51.4 Å². The zero-order valence-electron chi connectivity index (χ0n) is 3.96. The molecule has 8 heteroatoms. The zero-order valence-corrected chi connectivity index (χ0v) is 9.62. The summed E-state index contributed by atoms with van der Waals surface area (Å²) in [5, 5.41) is 0.